The first-order valence-electron chi connectivity index (χ1n) is 11.0. The van der Waals surface area contributed by atoms with Crippen LogP contribution in [0, 0.1) is 0 Å². The topological polar surface area (TPSA) is 79.9 Å². The van der Waals surface area contributed by atoms with Gasteiger partial charge < -0.3 is 15.0 Å². The minimum atomic E-state index is -0.0526. The van der Waals surface area contributed by atoms with E-state index >= 15 is 0 Å². The summed E-state index contributed by atoms with van der Waals surface area (Å²) in [6.07, 6.45) is 3.03. The maximum atomic E-state index is 12.7. The number of fused-ring (bicyclic) bond motifs is 1. The van der Waals surface area contributed by atoms with Crippen LogP contribution in [0.1, 0.15) is 49.6 Å². The number of anilines is 1. The molecule has 2 heterocycles. The summed E-state index contributed by atoms with van der Waals surface area (Å²) in [5.41, 5.74) is 4.30. The summed E-state index contributed by atoms with van der Waals surface area (Å²) in [5, 5.41) is 14.1. The van der Waals surface area contributed by atoms with E-state index in [1.54, 1.807) is 7.11 Å². The minimum absolute atomic E-state index is 0.0526. The average Bonchev–Trinajstić information content (AvgIpc) is 3.43. The molecule has 2 aromatic heterocycles. The molecule has 7 heteroatoms. The zero-order valence-electron chi connectivity index (χ0n) is 18.6. The van der Waals surface area contributed by atoms with E-state index in [9.17, 15) is 4.79 Å². The molecule has 2 aromatic carbocycles. The fraction of sp³-hybridized carbons (Fsp3) is 0.320. The molecule has 0 unspecified atom stereocenters. The van der Waals surface area contributed by atoms with Crippen molar-refractivity contribution in [2.75, 3.05) is 12.4 Å². The van der Waals surface area contributed by atoms with E-state index in [1.807, 2.05) is 36.4 Å². The van der Waals surface area contributed by atoms with Gasteiger partial charge in [-0.3, -0.25) is 4.79 Å². The van der Waals surface area contributed by atoms with Crippen molar-refractivity contribution in [2.24, 2.45) is 0 Å². The van der Waals surface area contributed by atoms with Crippen molar-refractivity contribution in [1.29, 1.82) is 0 Å². The third kappa shape index (κ3) is 4.67. The van der Waals surface area contributed by atoms with E-state index in [0.29, 0.717) is 23.9 Å². The fourth-order valence-electron chi connectivity index (χ4n) is 3.97. The Bertz CT molecular complexity index is 1190. The molecule has 0 radical (unpaired) electrons. The van der Waals surface area contributed by atoms with Gasteiger partial charge in [0, 0.05) is 28.9 Å². The fourth-order valence-corrected chi connectivity index (χ4v) is 5.00. The molecule has 0 saturated carbocycles. The van der Waals surface area contributed by atoms with Crippen LogP contribution in [0.15, 0.2) is 48.5 Å². The predicted molar refractivity (Wildman–Crippen MR) is 130 cm³/mol. The first kappa shape index (κ1) is 22.0. The van der Waals surface area contributed by atoms with Crippen LogP contribution in [0.5, 0.6) is 5.75 Å². The molecule has 166 valence electrons. The second kappa shape index (κ2) is 9.96. The Labute approximate surface area is 192 Å². The van der Waals surface area contributed by atoms with Gasteiger partial charge in [0.15, 0.2) is 0 Å². The number of amides is 1. The van der Waals surface area contributed by atoms with Gasteiger partial charge in [-0.25, -0.2) is 0 Å². The number of nitrogens with zero attached hydrogens (tertiary/aromatic N) is 2. The van der Waals surface area contributed by atoms with Crippen molar-refractivity contribution < 1.29 is 9.53 Å². The summed E-state index contributed by atoms with van der Waals surface area (Å²) in [7, 11) is 1.66. The van der Waals surface area contributed by atoms with Crippen LogP contribution in [0.3, 0.4) is 0 Å². The summed E-state index contributed by atoms with van der Waals surface area (Å²) in [6.45, 7) is 4.30. The van der Waals surface area contributed by atoms with Gasteiger partial charge in [0.05, 0.1) is 7.11 Å². The normalized spacial score (nSPS) is 11.2. The number of aromatic nitrogens is 3. The molecule has 1 amide bonds. The van der Waals surface area contributed by atoms with Crippen molar-refractivity contribution in [3.8, 4) is 17.0 Å². The number of carbonyl (C=O) groups is 1. The quantitative estimate of drug-likeness (QED) is 0.321. The van der Waals surface area contributed by atoms with Crippen LogP contribution in [0.4, 0.5) is 5.13 Å². The van der Waals surface area contributed by atoms with Crippen molar-refractivity contribution in [3.05, 3.63) is 59.1 Å². The van der Waals surface area contributed by atoms with Crippen LogP contribution in [-0.2, 0) is 11.2 Å². The zero-order valence-corrected chi connectivity index (χ0v) is 19.5. The number of para-hydroxylation sites is 1. The number of nitrogens with one attached hydrogen (secondary N) is 2. The Kier molecular flexibility index (Phi) is 6.85. The molecule has 0 aliphatic carbocycles. The monoisotopic (exact) mass is 448 g/mol. The van der Waals surface area contributed by atoms with Gasteiger partial charge in [-0.15, -0.1) is 10.2 Å². The minimum Gasteiger partial charge on any atom is -0.497 e. The highest BCUT2D eigenvalue weighted by atomic mass is 32.1. The Morgan fingerprint density at radius 3 is 2.56 bits per heavy atom. The van der Waals surface area contributed by atoms with Crippen LogP contribution in [0.2, 0.25) is 0 Å². The number of hydrogen-bond donors (Lipinski definition) is 2. The van der Waals surface area contributed by atoms with Crippen LogP contribution >= 0.6 is 11.3 Å². The number of H-pyrrole nitrogens is 1. The summed E-state index contributed by atoms with van der Waals surface area (Å²) in [6, 6.07) is 16.2. The Hall–Kier alpha value is -3.19. The second-order valence-electron chi connectivity index (χ2n) is 7.76. The maximum absolute atomic E-state index is 12.7. The highest BCUT2D eigenvalue weighted by Crippen LogP contribution is 2.33. The third-order valence-corrected chi connectivity index (χ3v) is 6.82. The lowest BCUT2D eigenvalue weighted by Gasteiger charge is -2.07. The molecule has 0 spiro atoms. The van der Waals surface area contributed by atoms with Gasteiger partial charge in [0.25, 0.3) is 0 Å². The van der Waals surface area contributed by atoms with E-state index in [4.69, 9.17) is 4.74 Å². The molecule has 0 fully saturated rings. The summed E-state index contributed by atoms with van der Waals surface area (Å²) in [5.74, 6) is 1.16. The molecule has 0 aliphatic rings. The molecule has 4 rings (SSSR count). The van der Waals surface area contributed by atoms with Crippen molar-refractivity contribution >= 4 is 33.3 Å². The van der Waals surface area contributed by atoms with Gasteiger partial charge in [0.2, 0.25) is 11.0 Å². The number of aryl methyl sites for hydroxylation is 1. The average molecular weight is 449 g/mol. The lowest BCUT2D eigenvalue weighted by atomic mass is 10.0. The highest BCUT2D eigenvalue weighted by molar-refractivity contribution is 7.15. The van der Waals surface area contributed by atoms with E-state index in [2.05, 4.69) is 46.5 Å². The molecule has 0 atom stereocenters. The van der Waals surface area contributed by atoms with E-state index in [0.717, 1.165) is 51.3 Å². The predicted octanol–water partition coefficient (Wildman–Crippen LogP) is 6.17. The second-order valence-corrected chi connectivity index (χ2v) is 8.77. The lowest BCUT2D eigenvalue weighted by molar-refractivity contribution is -0.116. The molecule has 2 N–H and O–H groups in total. The summed E-state index contributed by atoms with van der Waals surface area (Å²) in [4.78, 5) is 16.2. The summed E-state index contributed by atoms with van der Waals surface area (Å²) >= 11 is 1.48. The standard InChI is InChI=1S/C25H28N4O2S/c1-4-16(5-2)24-28-29-25(32-24)27-22(30)15-14-20-19-8-6-7-9-21(19)26-23(20)17-10-12-18(31-3)13-11-17/h6-13,16,26H,4-5,14-15H2,1-3H3,(H,27,29,30). The third-order valence-electron chi connectivity index (χ3n) is 5.82. The van der Waals surface area contributed by atoms with Gasteiger partial charge in [-0.05, 0) is 60.7 Å². The number of ether oxygens (including phenoxy) is 1. The molecule has 6 nitrogen and oxygen atoms in total. The van der Waals surface area contributed by atoms with Crippen molar-refractivity contribution in [2.45, 2.75) is 45.4 Å². The highest BCUT2D eigenvalue weighted by Gasteiger charge is 2.17. The largest absolute Gasteiger partial charge is 0.497 e. The number of rotatable bonds is 9. The van der Waals surface area contributed by atoms with Gasteiger partial charge in [0.1, 0.15) is 10.8 Å². The van der Waals surface area contributed by atoms with E-state index < -0.39 is 0 Å². The molecular formula is C25H28N4O2S. The van der Waals surface area contributed by atoms with Crippen LogP contribution < -0.4 is 10.1 Å². The van der Waals surface area contributed by atoms with Crippen molar-refractivity contribution in [3.63, 3.8) is 0 Å². The number of benzene rings is 2. The number of methoxy groups -OCH3 is 1. The number of hydrogen-bond acceptors (Lipinski definition) is 5. The smallest absolute Gasteiger partial charge is 0.226 e. The van der Waals surface area contributed by atoms with E-state index in [1.165, 1.54) is 11.3 Å². The first-order valence-corrected chi connectivity index (χ1v) is 11.8. The Balaban J connectivity index is 1.52. The van der Waals surface area contributed by atoms with Crippen LogP contribution in [0.25, 0.3) is 22.2 Å². The molecule has 0 aliphatic heterocycles. The first-order chi connectivity index (χ1) is 15.6. The molecule has 4 aromatic rings. The van der Waals surface area contributed by atoms with Crippen molar-refractivity contribution in [1.82, 2.24) is 15.2 Å². The molecule has 0 bridgehead atoms. The molecule has 32 heavy (non-hydrogen) atoms. The molecule has 0 saturated heterocycles. The van der Waals surface area contributed by atoms with E-state index in [-0.39, 0.29) is 5.91 Å². The SMILES string of the molecule is CCC(CC)c1nnc(NC(=O)CCc2c(-c3ccc(OC)cc3)[nH]c3ccccc23)s1. The summed E-state index contributed by atoms with van der Waals surface area (Å²) < 4.78 is 5.29. The lowest BCUT2D eigenvalue weighted by Crippen LogP contribution is -2.12. The maximum Gasteiger partial charge on any atom is 0.226 e. The van der Waals surface area contributed by atoms with Crippen LogP contribution in [-0.4, -0.2) is 28.2 Å². The van der Waals surface area contributed by atoms with Gasteiger partial charge in [-0.2, -0.15) is 0 Å². The Morgan fingerprint density at radius 2 is 1.84 bits per heavy atom. The van der Waals surface area contributed by atoms with Gasteiger partial charge in [-0.1, -0.05) is 43.4 Å². The van der Waals surface area contributed by atoms with Gasteiger partial charge >= 0.3 is 0 Å². The number of aromatic amines is 1. The molecular weight excluding hydrogens is 420 g/mol. The Morgan fingerprint density at radius 1 is 1.09 bits per heavy atom. The zero-order chi connectivity index (χ0) is 22.5. The number of carbonyl (C=O) groups excluding carboxylic acids is 1.